The Hall–Kier alpha value is -13.5. The van der Waals surface area contributed by atoms with Crippen LogP contribution in [0.1, 0.15) is 129 Å². The fourth-order valence-corrected chi connectivity index (χ4v) is 15.9. The lowest BCUT2D eigenvalue weighted by molar-refractivity contribution is -0.142. The molecule has 2 aliphatic heterocycles. The monoisotopic (exact) mass is 2030 g/mol. The average molecular weight is 2030 g/mol. The molecule has 4 heterocycles. The van der Waals surface area contributed by atoms with Gasteiger partial charge in [-0.15, -0.1) is 0 Å². The number of aliphatic carboxylic acids is 1. The molecule has 30 N–H and O–H groups in total. The number of carbonyl (C=O) groups excluding carboxylic acids is 20. The van der Waals surface area contributed by atoms with E-state index in [-0.39, 0.29) is 108 Å². The first-order valence-corrected chi connectivity index (χ1v) is 47.6. The molecule has 142 heavy (non-hydrogen) atoms. The van der Waals surface area contributed by atoms with Crippen molar-refractivity contribution >= 4 is 160 Å². The predicted molar refractivity (Wildman–Crippen MR) is 513 cm³/mol. The van der Waals surface area contributed by atoms with Crippen molar-refractivity contribution in [2.24, 2.45) is 29.0 Å². The third-order valence-corrected chi connectivity index (χ3v) is 23.7. The third-order valence-electron chi connectivity index (χ3n) is 23.0. The topological polar surface area (TPSA) is 793 Å². The molecular weight excluding hydrogens is 1900 g/mol. The van der Waals surface area contributed by atoms with Gasteiger partial charge in [-0.05, 0) is 114 Å². The Bertz CT molecular complexity index is 5030. The number of thiol groups is 2. The zero-order valence-corrected chi connectivity index (χ0v) is 81.5. The number of aromatic amines is 2. The average Bonchev–Trinajstić information content (AvgIpc) is 1.67. The molecular formula is C89H133N25O26S2. The third kappa shape index (κ3) is 37.2. The number of carbonyl (C=O) groups is 21. The normalized spacial score (nSPS) is 16.8. The van der Waals surface area contributed by atoms with E-state index in [2.05, 4.69) is 131 Å². The Morgan fingerprint density at radius 3 is 1.49 bits per heavy atom. The number of H-pyrrole nitrogens is 2. The molecule has 2 fully saturated rings. The van der Waals surface area contributed by atoms with Gasteiger partial charge < -0.3 is 153 Å². The zero-order valence-electron chi connectivity index (χ0n) is 79.7. The fourth-order valence-electron chi connectivity index (χ4n) is 15.3. The molecule has 782 valence electrons. The number of nitrogens with zero attached hydrogens (tertiary/aromatic N) is 3. The number of para-hydroxylation sites is 1. The van der Waals surface area contributed by atoms with Crippen LogP contribution >= 0.6 is 25.3 Å². The lowest BCUT2D eigenvalue weighted by Crippen LogP contribution is -2.63. The number of primary amides is 1. The first kappa shape index (κ1) is 117. The van der Waals surface area contributed by atoms with Crippen LogP contribution in [0.25, 0.3) is 10.9 Å². The summed E-state index contributed by atoms with van der Waals surface area (Å²) in [5, 5.41) is 93.5. The van der Waals surface area contributed by atoms with Crippen LogP contribution < -0.4 is 108 Å². The summed E-state index contributed by atoms with van der Waals surface area (Å²) in [6.45, 7) is 5.62. The van der Waals surface area contributed by atoms with Crippen LogP contribution in [0.15, 0.2) is 73.3 Å². The van der Waals surface area contributed by atoms with Crippen LogP contribution in [0.3, 0.4) is 0 Å². The number of amides is 20. The number of aromatic nitrogens is 3. The van der Waals surface area contributed by atoms with Crippen LogP contribution in [-0.4, -0.2) is 354 Å². The number of hydrogen-bond donors (Lipinski definition) is 29. The molecule has 20 amide bonds. The molecule has 4 aromatic rings. The number of aliphatic hydroxyl groups excluding tert-OH is 4. The standard InChI is InChI=1S/C89H133N25O26S2/c1-44(2)29-56(104-83(134)63-22-15-27-113(63)69(123)38-98-76(127)57(30-49-17-9-8-10-18-49)102-77(128)59(32-51-35-93-43-99-51)103-82(133)61(41-141)107-80(131)60(40-115)106-87(138)74(48(7)118)112-88(139)72(46(5)116)109-68(122)37-95-66(120)33-91)78(129)111-73(47(6)117)86(137)105-58(31-50-34-94-53-20-12-11-19-52(50)53)79(130)110-71(45(3)4)85(136)108-62(42-142)81(132)101-55(21-13-14-26-90)89(140)114-28-16-23-64(114)84(135)100-54(24-25-65(92)119)75(126)97-36-67(121)96-39-70(124)125/h8-12,17-20,34-35,43-48,54-64,71-74,94,115-118,141-142H,13-16,21-33,36-42,90-91H2,1-7H3,(H2,92,119)(H,93,99)(H,95,120)(H,96,121)(H,97,126)(H,98,127)(H,100,135)(H,101,132)(H,102,128)(H,103,133)(H,104,134)(H,105,137)(H,106,138)(H,107,131)(H,108,136)(H,109,122)(H,110,130)(H,111,129)(H,112,139)(H,124,125)/t46-,47-,48-,54+,55+,56+,57+,58+,59+,60+,61+,62+,63+,64+,71+,72+,73+,74+/m1/s1. The van der Waals surface area contributed by atoms with Gasteiger partial charge in [-0.3, -0.25) is 101 Å². The second-order valence-electron chi connectivity index (χ2n) is 35.0. The van der Waals surface area contributed by atoms with E-state index in [1.54, 1.807) is 88.5 Å². The lowest BCUT2D eigenvalue weighted by Gasteiger charge is -2.31. The van der Waals surface area contributed by atoms with Crippen LogP contribution in [0.2, 0.25) is 0 Å². The molecule has 0 bridgehead atoms. The Labute approximate surface area is 828 Å². The first-order valence-electron chi connectivity index (χ1n) is 46.3. The van der Waals surface area contributed by atoms with Crippen LogP contribution in [0.4, 0.5) is 0 Å². The molecule has 53 heteroatoms. The Morgan fingerprint density at radius 2 is 0.923 bits per heavy atom. The summed E-state index contributed by atoms with van der Waals surface area (Å²) in [6, 6.07) is -8.38. The minimum Gasteiger partial charge on any atom is -0.480 e. The number of unbranched alkanes of at least 4 members (excludes halogenated alkanes) is 1. The van der Waals surface area contributed by atoms with Gasteiger partial charge in [-0.25, -0.2) is 4.98 Å². The van der Waals surface area contributed by atoms with Gasteiger partial charge in [0.05, 0.1) is 57.4 Å². The molecule has 0 spiro atoms. The quantitative estimate of drug-likeness (QED) is 0.0144. The van der Waals surface area contributed by atoms with Crippen molar-refractivity contribution in [2.75, 3.05) is 70.5 Å². The van der Waals surface area contributed by atoms with Crippen LogP contribution in [0.5, 0.6) is 0 Å². The molecule has 2 saturated heterocycles. The number of carboxylic acids is 1. The van der Waals surface area contributed by atoms with Gasteiger partial charge in [0.25, 0.3) is 0 Å². The summed E-state index contributed by atoms with van der Waals surface area (Å²) < 4.78 is 0. The largest absolute Gasteiger partial charge is 0.480 e. The molecule has 0 unspecified atom stereocenters. The summed E-state index contributed by atoms with van der Waals surface area (Å²) in [6.07, 6.45) is -1.22. The van der Waals surface area contributed by atoms with Gasteiger partial charge in [0.15, 0.2) is 0 Å². The van der Waals surface area contributed by atoms with Gasteiger partial charge >= 0.3 is 5.97 Å². The molecule has 2 aliphatic rings. The van der Waals surface area contributed by atoms with E-state index in [1.807, 2.05) is 0 Å². The van der Waals surface area contributed by atoms with Gasteiger partial charge in [0.1, 0.15) is 97.2 Å². The van der Waals surface area contributed by atoms with Crippen molar-refractivity contribution in [1.29, 1.82) is 0 Å². The fraction of sp³-hybridized carbons (Fsp3) is 0.573. The van der Waals surface area contributed by atoms with Crippen molar-refractivity contribution in [2.45, 2.75) is 241 Å². The Balaban J connectivity index is 1.13. The minimum atomic E-state index is -1.91. The van der Waals surface area contributed by atoms with E-state index in [0.29, 0.717) is 28.5 Å². The lowest BCUT2D eigenvalue weighted by atomic mass is 9.99. The second kappa shape index (κ2) is 58.7. The highest BCUT2D eigenvalue weighted by Gasteiger charge is 2.44. The number of benzene rings is 2. The van der Waals surface area contributed by atoms with Crippen molar-refractivity contribution in [3.05, 3.63) is 90.1 Å². The molecule has 0 radical (unpaired) electrons. The number of rotatable bonds is 59. The highest BCUT2D eigenvalue weighted by atomic mass is 32.1. The van der Waals surface area contributed by atoms with Gasteiger partial charge in [-0.1, -0.05) is 76.2 Å². The number of imidazole rings is 1. The highest BCUT2D eigenvalue weighted by Crippen LogP contribution is 2.25. The zero-order chi connectivity index (χ0) is 105. The minimum absolute atomic E-state index is 0.00293. The number of nitrogens with one attached hydrogen (secondary N) is 19. The number of aliphatic hydroxyl groups is 4. The SMILES string of the molecule is CC(C)C[C@H](NC(=O)[C@@H]1CCCN1C(=O)CNC(=O)[C@H](Cc1ccccc1)NC(=O)[C@H](Cc1cnc[nH]1)NC(=O)[C@H](CS)NC(=O)[C@H](CO)NC(=O)[C@@H](NC(=O)[C@@H](NC(=O)CNC(=O)CN)[C@@H](C)O)[C@@H](C)O)C(=O)N[C@H](C(=O)N[C@@H](Cc1c[nH]c2ccccc12)C(=O)N[C@H](C(=O)N[C@@H](CS)C(=O)N[C@@H](CCCCN)C(=O)N1CCC[C@H]1C(=O)N[C@@H](CCC(N)=O)C(=O)NCC(=O)NCC(=O)O)C(C)C)[C@@H](C)O. The van der Waals surface area contributed by atoms with Crippen LogP contribution in [-0.2, 0) is 120 Å². The van der Waals surface area contributed by atoms with Crippen LogP contribution in [0, 0.1) is 11.8 Å². The number of nitrogens with two attached hydrogens (primary N) is 3. The van der Waals surface area contributed by atoms with Gasteiger partial charge in [-0.2, -0.15) is 25.3 Å². The van der Waals surface area contributed by atoms with Crippen molar-refractivity contribution in [3.63, 3.8) is 0 Å². The molecule has 6 rings (SSSR count). The van der Waals surface area contributed by atoms with Crippen molar-refractivity contribution < 1.29 is 126 Å². The Morgan fingerprint density at radius 1 is 0.458 bits per heavy atom. The predicted octanol–water partition coefficient (Wildman–Crippen LogP) is -10.2. The van der Waals surface area contributed by atoms with Crippen molar-refractivity contribution in [1.82, 2.24) is 115 Å². The molecule has 0 saturated carbocycles. The Kier molecular flexibility index (Phi) is 48.4. The number of carboxylic acid groups (broad SMARTS) is 1. The maximum Gasteiger partial charge on any atom is 0.322 e. The van der Waals surface area contributed by atoms with E-state index in [0.717, 1.165) is 13.8 Å². The summed E-state index contributed by atoms with van der Waals surface area (Å²) in [4.78, 5) is 300. The second-order valence-corrected chi connectivity index (χ2v) is 35.8. The summed E-state index contributed by atoms with van der Waals surface area (Å²) in [5.74, 6) is -22.5. The van der Waals surface area contributed by atoms with Gasteiger partial charge in [0, 0.05) is 79.3 Å². The van der Waals surface area contributed by atoms with E-state index >= 15 is 4.79 Å². The summed E-state index contributed by atoms with van der Waals surface area (Å²) >= 11 is 8.60. The molecule has 18 atom stereocenters. The van der Waals surface area contributed by atoms with E-state index in [1.165, 1.54) is 29.2 Å². The number of hydrogen-bond acceptors (Lipinski definition) is 30. The van der Waals surface area contributed by atoms with E-state index in [9.17, 15) is 116 Å². The maximum absolute atomic E-state index is 15.0. The summed E-state index contributed by atoms with van der Waals surface area (Å²) in [7, 11) is 0. The first-order chi connectivity index (χ1) is 67.3. The summed E-state index contributed by atoms with van der Waals surface area (Å²) in [5.41, 5.74) is 18.3. The number of fused-ring (bicyclic) bond motifs is 1. The molecule has 51 nitrogen and oxygen atoms in total. The van der Waals surface area contributed by atoms with Crippen molar-refractivity contribution in [3.8, 4) is 0 Å². The van der Waals surface area contributed by atoms with E-state index in [4.69, 9.17) is 22.3 Å². The smallest absolute Gasteiger partial charge is 0.322 e. The van der Waals surface area contributed by atoms with Gasteiger partial charge in [0.2, 0.25) is 118 Å². The highest BCUT2D eigenvalue weighted by molar-refractivity contribution is 7.80. The number of likely N-dealkylation sites (tertiary alicyclic amines) is 2. The molecule has 0 aliphatic carbocycles. The van der Waals surface area contributed by atoms with E-state index < -0.39 is 290 Å². The maximum atomic E-state index is 15.0. The molecule has 2 aromatic heterocycles. The molecule has 2 aromatic carbocycles.